The number of ether oxygens (including phenoxy) is 2. The Morgan fingerprint density at radius 3 is 2.89 bits per heavy atom. The molecule has 0 amide bonds. The summed E-state index contributed by atoms with van der Waals surface area (Å²) in [5, 5.41) is 20.4. The molecule has 1 aromatic heterocycles. The molecule has 0 spiro atoms. The van der Waals surface area contributed by atoms with Crippen LogP contribution in [0.1, 0.15) is 31.8 Å². The average molecular weight is 256 g/mol. The number of nitrogens with zero attached hydrogens (tertiary/aromatic N) is 4. The molecule has 1 aliphatic rings. The fraction of sp³-hybridized carbons (Fsp3) is 0.800. The standard InChI is InChI=1S/C10H16N4O4/c1-6(10(15)16)7(2)14-9(11-12-13-14)8-5-17-3-4-18-8/h6-8H,3-5H2,1-2H3,(H,15,16). The molecule has 0 bridgehead atoms. The zero-order valence-electron chi connectivity index (χ0n) is 10.3. The van der Waals surface area contributed by atoms with E-state index in [2.05, 4.69) is 15.5 Å². The van der Waals surface area contributed by atoms with Crippen molar-refractivity contribution in [2.75, 3.05) is 19.8 Å². The minimum absolute atomic E-state index is 0.336. The predicted molar refractivity (Wildman–Crippen MR) is 58.8 cm³/mol. The average Bonchev–Trinajstić information content (AvgIpc) is 2.87. The quantitative estimate of drug-likeness (QED) is 0.812. The van der Waals surface area contributed by atoms with Gasteiger partial charge in [0.2, 0.25) is 0 Å². The Bertz CT molecular complexity index is 416. The Balaban J connectivity index is 2.18. The Morgan fingerprint density at radius 2 is 2.28 bits per heavy atom. The maximum Gasteiger partial charge on any atom is 0.308 e. The van der Waals surface area contributed by atoms with Crippen LogP contribution in [0.25, 0.3) is 0 Å². The van der Waals surface area contributed by atoms with E-state index in [1.54, 1.807) is 13.8 Å². The Hall–Kier alpha value is -1.54. The topological polar surface area (TPSA) is 99.4 Å². The summed E-state index contributed by atoms with van der Waals surface area (Å²) in [4.78, 5) is 11.0. The largest absolute Gasteiger partial charge is 0.481 e. The number of rotatable bonds is 4. The molecule has 18 heavy (non-hydrogen) atoms. The molecule has 100 valence electrons. The molecule has 3 atom stereocenters. The van der Waals surface area contributed by atoms with Gasteiger partial charge in [0.15, 0.2) is 5.82 Å². The summed E-state index contributed by atoms with van der Waals surface area (Å²) in [6.07, 6.45) is -0.336. The maximum absolute atomic E-state index is 11.0. The third-order valence-corrected chi connectivity index (χ3v) is 3.12. The van der Waals surface area contributed by atoms with Crippen molar-refractivity contribution in [2.45, 2.75) is 26.0 Å². The second kappa shape index (κ2) is 5.40. The number of tetrazole rings is 1. The summed E-state index contributed by atoms with van der Waals surface area (Å²) >= 11 is 0. The molecule has 2 rings (SSSR count). The van der Waals surface area contributed by atoms with Crippen molar-refractivity contribution in [3.8, 4) is 0 Å². The summed E-state index contributed by atoms with van der Waals surface area (Å²) < 4.78 is 12.3. The molecule has 1 N–H and O–H groups in total. The lowest BCUT2D eigenvalue weighted by Gasteiger charge is -2.24. The van der Waals surface area contributed by atoms with Crippen LogP contribution in [0, 0.1) is 5.92 Å². The van der Waals surface area contributed by atoms with Crippen LogP contribution in [0.5, 0.6) is 0 Å². The summed E-state index contributed by atoms with van der Waals surface area (Å²) in [6.45, 7) is 4.81. The number of carbonyl (C=O) groups is 1. The summed E-state index contributed by atoms with van der Waals surface area (Å²) in [5.41, 5.74) is 0. The number of carboxylic acid groups (broad SMARTS) is 1. The fourth-order valence-corrected chi connectivity index (χ4v) is 1.76. The van der Waals surface area contributed by atoms with Crippen LogP contribution in [0.4, 0.5) is 0 Å². The Morgan fingerprint density at radius 1 is 1.50 bits per heavy atom. The summed E-state index contributed by atoms with van der Waals surface area (Å²) in [6, 6.07) is -0.349. The van der Waals surface area contributed by atoms with Gasteiger partial charge in [-0.3, -0.25) is 4.79 Å². The smallest absolute Gasteiger partial charge is 0.308 e. The van der Waals surface area contributed by atoms with Gasteiger partial charge in [0, 0.05) is 0 Å². The van der Waals surface area contributed by atoms with Gasteiger partial charge in [-0.2, -0.15) is 0 Å². The molecule has 1 aromatic rings. The van der Waals surface area contributed by atoms with Crippen LogP contribution < -0.4 is 0 Å². The molecule has 0 aliphatic carbocycles. The van der Waals surface area contributed by atoms with Gasteiger partial charge in [0.1, 0.15) is 6.10 Å². The van der Waals surface area contributed by atoms with Crippen molar-refractivity contribution in [3.05, 3.63) is 5.82 Å². The van der Waals surface area contributed by atoms with E-state index in [0.717, 1.165) is 0 Å². The van der Waals surface area contributed by atoms with Crippen molar-refractivity contribution >= 4 is 5.97 Å². The molecule has 0 saturated carbocycles. The van der Waals surface area contributed by atoms with E-state index in [0.29, 0.717) is 25.6 Å². The van der Waals surface area contributed by atoms with Gasteiger partial charge in [-0.15, -0.1) is 5.10 Å². The van der Waals surface area contributed by atoms with Gasteiger partial charge in [-0.25, -0.2) is 4.68 Å². The molecular formula is C10H16N4O4. The molecule has 0 radical (unpaired) electrons. The zero-order valence-corrected chi connectivity index (χ0v) is 10.3. The first-order valence-electron chi connectivity index (χ1n) is 5.81. The highest BCUT2D eigenvalue weighted by molar-refractivity contribution is 5.70. The van der Waals surface area contributed by atoms with E-state index < -0.39 is 11.9 Å². The van der Waals surface area contributed by atoms with Crippen molar-refractivity contribution in [1.82, 2.24) is 20.2 Å². The van der Waals surface area contributed by atoms with Crippen LogP contribution in [0.2, 0.25) is 0 Å². The van der Waals surface area contributed by atoms with Gasteiger partial charge in [0.25, 0.3) is 0 Å². The van der Waals surface area contributed by atoms with Gasteiger partial charge < -0.3 is 14.6 Å². The third-order valence-electron chi connectivity index (χ3n) is 3.12. The molecule has 8 heteroatoms. The van der Waals surface area contributed by atoms with Gasteiger partial charge in [0.05, 0.1) is 31.8 Å². The van der Waals surface area contributed by atoms with Gasteiger partial charge in [-0.1, -0.05) is 0 Å². The number of hydrogen-bond donors (Lipinski definition) is 1. The van der Waals surface area contributed by atoms with Crippen molar-refractivity contribution in [3.63, 3.8) is 0 Å². The lowest BCUT2D eigenvalue weighted by Crippen LogP contribution is -2.29. The molecule has 0 aromatic carbocycles. The SMILES string of the molecule is CC(C(=O)O)C(C)n1nnnc1C1COCCO1. The van der Waals surface area contributed by atoms with Crippen molar-refractivity contribution < 1.29 is 19.4 Å². The Labute approximate surface area is 104 Å². The van der Waals surface area contributed by atoms with Crippen LogP contribution in [0.15, 0.2) is 0 Å². The van der Waals surface area contributed by atoms with Crippen LogP contribution in [0.3, 0.4) is 0 Å². The number of hydrogen-bond acceptors (Lipinski definition) is 6. The predicted octanol–water partition coefficient (Wildman–Crippen LogP) is 0.0427. The summed E-state index contributed by atoms with van der Waals surface area (Å²) in [7, 11) is 0. The van der Waals surface area contributed by atoms with Crippen LogP contribution in [-0.2, 0) is 14.3 Å². The first-order valence-corrected chi connectivity index (χ1v) is 5.81. The lowest BCUT2D eigenvalue weighted by atomic mass is 10.0. The lowest BCUT2D eigenvalue weighted by molar-refractivity contribution is -0.142. The monoisotopic (exact) mass is 256 g/mol. The van der Waals surface area contributed by atoms with Crippen molar-refractivity contribution in [2.24, 2.45) is 5.92 Å². The maximum atomic E-state index is 11.0. The summed E-state index contributed by atoms with van der Waals surface area (Å²) in [5.74, 6) is -0.961. The van der Waals surface area contributed by atoms with Crippen LogP contribution >= 0.6 is 0 Å². The minimum atomic E-state index is -0.884. The van der Waals surface area contributed by atoms with E-state index in [1.165, 1.54) is 4.68 Å². The number of carboxylic acids is 1. The zero-order chi connectivity index (χ0) is 13.1. The second-order valence-electron chi connectivity index (χ2n) is 4.28. The fourth-order valence-electron chi connectivity index (χ4n) is 1.76. The van der Waals surface area contributed by atoms with E-state index in [1.807, 2.05) is 0 Å². The normalized spacial score (nSPS) is 23.6. The van der Waals surface area contributed by atoms with Crippen LogP contribution in [-0.4, -0.2) is 51.1 Å². The molecule has 2 heterocycles. The third kappa shape index (κ3) is 2.49. The molecule has 1 saturated heterocycles. The minimum Gasteiger partial charge on any atom is -0.481 e. The van der Waals surface area contributed by atoms with E-state index >= 15 is 0 Å². The van der Waals surface area contributed by atoms with Gasteiger partial charge >= 0.3 is 5.97 Å². The highest BCUT2D eigenvalue weighted by Crippen LogP contribution is 2.23. The van der Waals surface area contributed by atoms with Gasteiger partial charge in [-0.05, 0) is 24.3 Å². The molecule has 3 unspecified atom stereocenters. The molecule has 1 aliphatic heterocycles. The second-order valence-corrected chi connectivity index (χ2v) is 4.28. The molecule has 8 nitrogen and oxygen atoms in total. The first-order chi connectivity index (χ1) is 8.61. The van der Waals surface area contributed by atoms with Crippen molar-refractivity contribution in [1.29, 1.82) is 0 Å². The van der Waals surface area contributed by atoms with E-state index in [4.69, 9.17) is 14.6 Å². The first kappa shape index (κ1) is 12.9. The number of aromatic nitrogens is 4. The molecular weight excluding hydrogens is 240 g/mol. The van der Waals surface area contributed by atoms with E-state index in [9.17, 15) is 4.79 Å². The number of aliphatic carboxylic acids is 1. The molecule has 1 fully saturated rings. The highest BCUT2D eigenvalue weighted by atomic mass is 16.6. The van der Waals surface area contributed by atoms with E-state index in [-0.39, 0.29) is 12.1 Å². The highest BCUT2D eigenvalue weighted by Gasteiger charge is 2.29. The Kier molecular flexibility index (Phi) is 3.87.